The molecule has 0 radical (unpaired) electrons. The van der Waals surface area contributed by atoms with Crippen LogP contribution in [-0.4, -0.2) is 10.7 Å². The van der Waals surface area contributed by atoms with Crippen molar-refractivity contribution in [1.29, 1.82) is 0 Å². The van der Waals surface area contributed by atoms with Crippen LogP contribution in [0.3, 0.4) is 0 Å². The van der Waals surface area contributed by atoms with E-state index in [-0.39, 0.29) is 16.7 Å². The minimum absolute atomic E-state index is 0.00333. The summed E-state index contributed by atoms with van der Waals surface area (Å²) in [5, 5.41) is 2.79. The highest BCUT2D eigenvalue weighted by molar-refractivity contribution is 9.10. The number of carbonyl (C=O) groups excluding carboxylic acids is 1. The van der Waals surface area contributed by atoms with E-state index in [0.29, 0.717) is 6.54 Å². The van der Waals surface area contributed by atoms with Crippen molar-refractivity contribution in [3.8, 4) is 0 Å². The molecule has 1 amide bonds. The summed E-state index contributed by atoms with van der Waals surface area (Å²) >= 11 is 3.33. The summed E-state index contributed by atoms with van der Waals surface area (Å²) in [5.41, 5.74) is 0. The summed E-state index contributed by atoms with van der Waals surface area (Å²) < 4.78 is 5.09. The molecule has 1 heterocycles. The minimum atomic E-state index is -0.141. The second-order valence-corrected chi connectivity index (χ2v) is 4.43. The summed E-state index contributed by atoms with van der Waals surface area (Å²) in [5.74, 6) is 1.05. The molecule has 0 aliphatic heterocycles. The van der Waals surface area contributed by atoms with Gasteiger partial charge in [0.15, 0.2) is 0 Å². The van der Waals surface area contributed by atoms with Gasteiger partial charge in [-0.05, 0) is 18.1 Å². The van der Waals surface area contributed by atoms with Crippen molar-refractivity contribution in [3.05, 3.63) is 24.2 Å². The monoisotopic (exact) mass is 259 g/mol. The fourth-order valence-electron chi connectivity index (χ4n) is 0.988. The topological polar surface area (TPSA) is 42.2 Å². The molecule has 1 atom stereocenters. The fraction of sp³-hybridized carbons (Fsp3) is 0.500. The molecule has 0 unspecified atom stereocenters. The Morgan fingerprint density at radius 2 is 2.36 bits per heavy atom. The van der Waals surface area contributed by atoms with E-state index in [4.69, 9.17) is 4.42 Å². The van der Waals surface area contributed by atoms with Crippen LogP contribution in [0, 0.1) is 5.92 Å². The van der Waals surface area contributed by atoms with Gasteiger partial charge >= 0.3 is 0 Å². The van der Waals surface area contributed by atoms with Crippen LogP contribution in [0.1, 0.15) is 19.6 Å². The van der Waals surface area contributed by atoms with Gasteiger partial charge in [0.1, 0.15) is 5.76 Å². The van der Waals surface area contributed by atoms with Crippen LogP contribution in [0.4, 0.5) is 0 Å². The molecule has 0 fully saturated rings. The van der Waals surface area contributed by atoms with Gasteiger partial charge in [0.25, 0.3) is 0 Å². The van der Waals surface area contributed by atoms with E-state index in [9.17, 15) is 4.79 Å². The normalized spacial score (nSPS) is 12.9. The van der Waals surface area contributed by atoms with Crippen LogP contribution in [0.5, 0.6) is 0 Å². The van der Waals surface area contributed by atoms with E-state index < -0.39 is 0 Å². The Kier molecular flexibility index (Phi) is 4.20. The van der Waals surface area contributed by atoms with Crippen molar-refractivity contribution >= 4 is 21.8 Å². The predicted octanol–water partition coefficient (Wildman–Crippen LogP) is 2.32. The Morgan fingerprint density at radius 1 is 1.64 bits per heavy atom. The molecule has 0 saturated carbocycles. The van der Waals surface area contributed by atoms with Gasteiger partial charge in [-0.2, -0.15) is 0 Å². The summed E-state index contributed by atoms with van der Waals surface area (Å²) in [6.07, 6.45) is 1.59. The smallest absolute Gasteiger partial charge is 0.234 e. The van der Waals surface area contributed by atoms with Crippen LogP contribution in [0.2, 0.25) is 0 Å². The largest absolute Gasteiger partial charge is 0.467 e. The molecule has 0 bridgehead atoms. The first-order valence-electron chi connectivity index (χ1n) is 4.55. The summed E-state index contributed by atoms with van der Waals surface area (Å²) in [7, 11) is 0. The van der Waals surface area contributed by atoms with Crippen molar-refractivity contribution < 1.29 is 9.21 Å². The van der Waals surface area contributed by atoms with Crippen LogP contribution in [-0.2, 0) is 11.3 Å². The molecule has 78 valence electrons. The van der Waals surface area contributed by atoms with Gasteiger partial charge in [-0.1, -0.05) is 29.8 Å². The summed E-state index contributed by atoms with van der Waals surface area (Å²) in [6.45, 7) is 4.43. The van der Waals surface area contributed by atoms with E-state index in [2.05, 4.69) is 21.2 Å². The average Bonchev–Trinajstić information content (AvgIpc) is 2.65. The number of carbonyl (C=O) groups is 1. The Balaban J connectivity index is 2.35. The van der Waals surface area contributed by atoms with Gasteiger partial charge < -0.3 is 9.73 Å². The summed E-state index contributed by atoms with van der Waals surface area (Å²) in [6, 6.07) is 3.63. The fourth-order valence-corrected chi connectivity index (χ4v) is 1.15. The molecule has 0 aliphatic rings. The Bertz CT molecular complexity index is 282. The number of furan rings is 1. The number of rotatable bonds is 4. The van der Waals surface area contributed by atoms with Gasteiger partial charge in [-0.3, -0.25) is 4.79 Å². The molecule has 1 rings (SSSR count). The molecule has 1 aromatic rings. The third-order valence-electron chi connectivity index (χ3n) is 1.85. The van der Waals surface area contributed by atoms with Crippen LogP contribution in [0.25, 0.3) is 0 Å². The van der Waals surface area contributed by atoms with Crippen molar-refractivity contribution in [3.63, 3.8) is 0 Å². The molecule has 0 aromatic carbocycles. The minimum Gasteiger partial charge on any atom is -0.467 e. The lowest BCUT2D eigenvalue weighted by atomic mass is 10.1. The second-order valence-electron chi connectivity index (χ2n) is 3.44. The van der Waals surface area contributed by atoms with E-state index in [1.165, 1.54) is 0 Å². The predicted molar refractivity (Wildman–Crippen MR) is 58.1 cm³/mol. The highest BCUT2D eigenvalue weighted by Gasteiger charge is 2.17. The number of nitrogens with one attached hydrogen (secondary N) is 1. The maximum absolute atomic E-state index is 11.5. The zero-order chi connectivity index (χ0) is 10.6. The highest BCUT2D eigenvalue weighted by atomic mass is 79.9. The lowest BCUT2D eigenvalue weighted by molar-refractivity contribution is -0.121. The average molecular weight is 260 g/mol. The van der Waals surface area contributed by atoms with Crippen LogP contribution >= 0.6 is 15.9 Å². The van der Waals surface area contributed by atoms with Gasteiger partial charge in [0.05, 0.1) is 17.6 Å². The molecule has 4 heteroatoms. The molecule has 14 heavy (non-hydrogen) atoms. The third-order valence-corrected chi connectivity index (χ3v) is 3.33. The maximum atomic E-state index is 11.5. The number of amides is 1. The zero-order valence-corrected chi connectivity index (χ0v) is 9.87. The van der Waals surface area contributed by atoms with E-state index in [1.54, 1.807) is 12.3 Å². The lowest BCUT2D eigenvalue weighted by Gasteiger charge is -2.12. The van der Waals surface area contributed by atoms with Crippen molar-refractivity contribution in [1.82, 2.24) is 5.32 Å². The van der Waals surface area contributed by atoms with E-state index >= 15 is 0 Å². The van der Waals surface area contributed by atoms with Gasteiger partial charge in [0.2, 0.25) is 5.91 Å². The molecular formula is C10H14BrNO2. The third kappa shape index (κ3) is 3.18. The second kappa shape index (κ2) is 5.20. The Morgan fingerprint density at radius 3 is 2.86 bits per heavy atom. The SMILES string of the molecule is CC(C)[C@H](Br)C(=O)NCc1ccco1. The van der Waals surface area contributed by atoms with Crippen molar-refractivity contribution in [2.45, 2.75) is 25.2 Å². The quantitative estimate of drug-likeness (QED) is 0.844. The Hall–Kier alpha value is -0.770. The highest BCUT2D eigenvalue weighted by Crippen LogP contribution is 2.12. The van der Waals surface area contributed by atoms with Crippen LogP contribution in [0.15, 0.2) is 22.8 Å². The molecule has 0 saturated heterocycles. The van der Waals surface area contributed by atoms with E-state index in [0.717, 1.165) is 5.76 Å². The maximum Gasteiger partial charge on any atom is 0.234 e. The molecule has 1 aromatic heterocycles. The first kappa shape index (κ1) is 11.3. The number of hydrogen-bond acceptors (Lipinski definition) is 2. The van der Waals surface area contributed by atoms with Gasteiger partial charge in [-0.15, -0.1) is 0 Å². The molecular weight excluding hydrogens is 246 g/mol. The summed E-state index contributed by atoms with van der Waals surface area (Å²) in [4.78, 5) is 11.3. The first-order valence-corrected chi connectivity index (χ1v) is 5.47. The van der Waals surface area contributed by atoms with Crippen LogP contribution < -0.4 is 5.32 Å². The standard InChI is InChI=1S/C10H14BrNO2/c1-7(2)9(11)10(13)12-6-8-4-3-5-14-8/h3-5,7,9H,6H2,1-2H3,(H,12,13)/t9-/m0/s1. The molecule has 1 N–H and O–H groups in total. The number of alkyl halides is 1. The number of hydrogen-bond donors (Lipinski definition) is 1. The first-order chi connectivity index (χ1) is 6.61. The zero-order valence-electron chi connectivity index (χ0n) is 8.29. The van der Waals surface area contributed by atoms with E-state index in [1.807, 2.05) is 19.9 Å². The Labute approximate surface area is 92.0 Å². The van der Waals surface area contributed by atoms with Crippen molar-refractivity contribution in [2.24, 2.45) is 5.92 Å². The molecule has 0 spiro atoms. The van der Waals surface area contributed by atoms with Gasteiger partial charge in [0, 0.05) is 0 Å². The van der Waals surface area contributed by atoms with Crippen molar-refractivity contribution in [2.75, 3.05) is 0 Å². The molecule has 3 nitrogen and oxygen atoms in total. The van der Waals surface area contributed by atoms with Gasteiger partial charge in [-0.25, -0.2) is 0 Å². The lowest BCUT2D eigenvalue weighted by Crippen LogP contribution is -2.33. The molecule has 0 aliphatic carbocycles. The number of halogens is 1.